The van der Waals surface area contributed by atoms with Crippen LogP contribution in [0.4, 0.5) is 0 Å². The van der Waals surface area contributed by atoms with Crippen LogP contribution in [0.15, 0.2) is 0 Å². The van der Waals surface area contributed by atoms with Gasteiger partial charge in [-0.05, 0) is 6.42 Å². The smallest absolute Gasteiger partial charge is 0.168 e. The summed E-state index contributed by atoms with van der Waals surface area (Å²) >= 11 is 0. The fourth-order valence-electron chi connectivity index (χ4n) is 2.81. The Balaban J connectivity index is 6.80. The van der Waals surface area contributed by atoms with Crippen LogP contribution in [0.1, 0.15) is 25.7 Å². The minimum Gasteiger partial charge on any atom is -0.396 e. The number of nitrogens with zero attached hydrogens (tertiary/aromatic N) is 3. The number of hydrogen-bond donors (Lipinski definition) is 3. The summed E-state index contributed by atoms with van der Waals surface area (Å²) in [5.41, 5.74) is -4.88. The molecule has 0 radical (unpaired) electrons. The number of carbonyl (C=O) groups is 3. The molecule has 0 aromatic rings. The molecule has 9 heteroatoms. The summed E-state index contributed by atoms with van der Waals surface area (Å²) in [5, 5.41) is 54.9. The van der Waals surface area contributed by atoms with E-state index in [9.17, 15) is 29.7 Å². The SMILES string of the molecule is N#CCC(=O)C(C(=O)CC#N)(C(=O)CC#N)C(CO)(CO)CCO. The molecule has 0 atom stereocenters. The summed E-state index contributed by atoms with van der Waals surface area (Å²) in [6.45, 7) is -2.78. The third-order valence-corrected chi connectivity index (χ3v) is 3.96. The first kappa shape index (κ1) is 21.4. The zero-order chi connectivity index (χ0) is 18.8. The van der Waals surface area contributed by atoms with E-state index in [0.717, 1.165) is 0 Å². The molecule has 128 valence electrons. The Morgan fingerprint density at radius 2 is 1.08 bits per heavy atom. The van der Waals surface area contributed by atoms with Gasteiger partial charge in [-0.15, -0.1) is 0 Å². The molecule has 0 bridgehead atoms. The van der Waals surface area contributed by atoms with Gasteiger partial charge >= 0.3 is 0 Å². The summed E-state index contributed by atoms with van der Waals surface area (Å²) < 4.78 is 0. The Hall–Kier alpha value is -2.64. The van der Waals surface area contributed by atoms with Gasteiger partial charge in [0.1, 0.15) is 0 Å². The van der Waals surface area contributed by atoms with Crippen LogP contribution in [-0.4, -0.2) is 52.5 Å². The molecular formula is C15H17N3O6. The first-order valence-corrected chi connectivity index (χ1v) is 6.91. The molecule has 3 N–H and O–H groups in total. The summed E-state index contributed by atoms with van der Waals surface area (Å²) in [6, 6.07) is 4.45. The summed E-state index contributed by atoms with van der Waals surface area (Å²) in [6.07, 6.45) is -3.23. The van der Waals surface area contributed by atoms with Gasteiger partial charge in [0.05, 0.1) is 50.7 Å². The van der Waals surface area contributed by atoms with E-state index in [2.05, 4.69) is 0 Å². The normalized spacial score (nSPS) is 11.0. The van der Waals surface area contributed by atoms with Crippen molar-refractivity contribution in [3.05, 3.63) is 0 Å². The number of nitriles is 3. The average Bonchev–Trinajstić information content (AvgIpc) is 2.55. The number of rotatable bonds is 11. The second-order valence-electron chi connectivity index (χ2n) is 5.09. The standard InChI is InChI=1S/C15H17N3O6/c16-5-1-11(22)15(12(23)2-6-17,13(24)3-7-18)14(9-20,10-21)4-8-19/h19-21H,1-4,8-10H2. The highest BCUT2D eigenvalue weighted by Gasteiger charge is 2.63. The Morgan fingerprint density at radius 1 is 0.750 bits per heavy atom. The van der Waals surface area contributed by atoms with E-state index in [1.807, 2.05) is 0 Å². The van der Waals surface area contributed by atoms with E-state index >= 15 is 0 Å². The fourth-order valence-corrected chi connectivity index (χ4v) is 2.81. The monoisotopic (exact) mass is 335 g/mol. The molecule has 0 unspecified atom stereocenters. The minimum absolute atomic E-state index is 0.522. The highest BCUT2D eigenvalue weighted by atomic mass is 16.3. The van der Waals surface area contributed by atoms with Crippen LogP contribution >= 0.6 is 0 Å². The van der Waals surface area contributed by atoms with Crippen LogP contribution in [0.25, 0.3) is 0 Å². The van der Waals surface area contributed by atoms with Crippen molar-refractivity contribution < 1.29 is 29.7 Å². The van der Waals surface area contributed by atoms with Crippen LogP contribution in [0.3, 0.4) is 0 Å². The average molecular weight is 335 g/mol. The predicted molar refractivity (Wildman–Crippen MR) is 76.5 cm³/mol. The third-order valence-electron chi connectivity index (χ3n) is 3.96. The number of Topliss-reactive ketones (excluding diaryl/α,β-unsaturated/α-hetero) is 3. The zero-order valence-corrected chi connectivity index (χ0v) is 12.9. The van der Waals surface area contributed by atoms with Crippen molar-refractivity contribution in [2.24, 2.45) is 10.8 Å². The number of ketones is 3. The summed E-state index contributed by atoms with van der Waals surface area (Å²) in [7, 11) is 0. The minimum atomic E-state index is -2.75. The van der Waals surface area contributed by atoms with Crippen molar-refractivity contribution in [2.75, 3.05) is 19.8 Å². The third kappa shape index (κ3) is 3.47. The van der Waals surface area contributed by atoms with Gasteiger partial charge in [0.2, 0.25) is 0 Å². The lowest BCUT2D eigenvalue weighted by Crippen LogP contribution is -2.61. The topological polar surface area (TPSA) is 183 Å². The maximum absolute atomic E-state index is 12.6. The molecule has 0 saturated heterocycles. The molecule has 0 aliphatic rings. The molecule has 0 fully saturated rings. The van der Waals surface area contributed by atoms with E-state index in [4.69, 9.17) is 15.8 Å². The molecule has 9 nitrogen and oxygen atoms in total. The number of hydrogen-bond acceptors (Lipinski definition) is 9. The van der Waals surface area contributed by atoms with Gasteiger partial charge in [-0.2, -0.15) is 15.8 Å². The summed E-state index contributed by atoms with van der Waals surface area (Å²) in [5.74, 6) is -3.66. The molecule has 0 saturated carbocycles. The highest BCUT2D eigenvalue weighted by molar-refractivity contribution is 6.26. The molecular weight excluding hydrogens is 318 g/mol. The van der Waals surface area contributed by atoms with Gasteiger partial charge in [0, 0.05) is 12.0 Å². The van der Waals surface area contributed by atoms with Crippen LogP contribution in [0.2, 0.25) is 0 Å². The van der Waals surface area contributed by atoms with Gasteiger partial charge in [0.15, 0.2) is 22.8 Å². The molecule has 24 heavy (non-hydrogen) atoms. The Labute approximate surface area is 138 Å². The van der Waals surface area contributed by atoms with E-state index in [1.54, 1.807) is 0 Å². The number of carbonyl (C=O) groups excluding carboxylic acids is 3. The van der Waals surface area contributed by atoms with E-state index in [0.29, 0.717) is 0 Å². The van der Waals surface area contributed by atoms with Crippen molar-refractivity contribution in [1.82, 2.24) is 0 Å². The Morgan fingerprint density at radius 3 is 1.29 bits per heavy atom. The lowest BCUT2D eigenvalue weighted by molar-refractivity contribution is -0.166. The van der Waals surface area contributed by atoms with Gasteiger partial charge in [-0.1, -0.05) is 0 Å². The first-order chi connectivity index (χ1) is 11.4. The van der Waals surface area contributed by atoms with Crippen LogP contribution in [0.5, 0.6) is 0 Å². The van der Waals surface area contributed by atoms with Gasteiger partial charge in [-0.25, -0.2) is 0 Å². The quantitative estimate of drug-likeness (QED) is 0.389. The zero-order valence-electron chi connectivity index (χ0n) is 12.9. The van der Waals surface area contributed by atoms with E-state index in [-0.39, 0.29) is 0 Å². The van der Waals surface area contributed by atoms with Gasteiger partial charge in [0.25, 0.3) is 0 Å². The molecule has 0 rings (SSSR count). The van der Waals surface area contributed by atoms with Crippen molar-refractivity contribution >= 4 is 17.3 Å². The molecule has 0 aromatic carbocycles. The highest BCUT2D eigenvalue weighted by Crippen LogP contribution is 2.46. The first-order valence-electron chi connectivity index (χ1n) is 6.91. The van der Waals surface area contributed by atoms with Crippen LogP contribution in [0, 0.1) is 44.8 Å². The lowest BCUT2D eigenvalue weighted by Gasteiger charge is -2.44. The Kier molecular flexibility index (Phi) is 8.44. The van der Waals surface area contributed by atoms with E-state index < -0.39 is 73.7 Å². The van der Waals surface area contributed by atoms with Crippen LogP contribution < -0.4 is 0 Å². The summed E-state index contributed by atoms with van der Waals surface area (Å²) in [4.78, 5) is 37.7. The lowest BCUT2D eigenvalue weighted by atomic mass is 9.54. The van der Waals surface area contributed by atoms with Gasteiger partial charge < -0.3 is 15.3 Å². The fraction of sp³-hybridized carbons (Fsp3) is 0.600. The second-order valence-corrected chi connectivity index (χ2v) is 5.09. The van der Waals surface area contributed by atoms with Crippen LogP contribution in [-0.2, 0) is 14.4 Å². The van der Waals surface area contributed by atoms with Crippen molar-refractivity contribution in [3.63, 3.8) is 0 Å². The molecule has 0 aliphatic carbocycles. The van der Waals surface area contributed by atoms with Crippen molar-refractivity contribution in [2.45, 2.75) is 25.7 Å². The van der Waals surface area contributed by atoms with Crippen molar-refractivity contribution in [1.29, 1.82) is 15.8 Å². The molecule has 0 heterocycles. The van der Waals surface area contributed by atoms with Crippen molar-refractivity contribution in [3.8, 4) is 18.2 Å². The van der Waals surface area contributed by atoms with E-state index in [1.165, 1.54) is 18.2 Å². The molecule has 0 spiro atoms. The molecule has 0 aliphatic heterocycles. The largest absolute Gasteiger partial charge is 0.396 e. The maximum Gasteiger partial charge on any atom is 0.168 e. The predicted octanol–water partition coefficient (Wildman–Crippen LogP) is -1.23. The Bertz CT molecular complexity index is 549. The second kappa shape index (κ2) is 9.49. The maximum atomic E-state index is 12.6. The number of aliphatic hydroxyl groups is 3. The number of aliphatic hydroxyl groups excluding tert-OH is 3. The molecule has 0 amide bonds. The molecule has 0 aromatic heterocycles. The van der Waals surface area contributed by atoms with Gasteiger partial charge in [-0.3, -0.25) is 14.4 Å².